The van der Waals surface area contributed by atoms with Crippen LogP contribution in [-0.4, -0.2) is 66.4 Å². The summed E-state index contributed by atoms with van der Waals surface area (Å²) >= 11 is 0. The number of carbonyl (C=O) groups is 1. The summed E-state index contributed by atoms with van der Waals surface area (Å²) in [6.45, 7) is 3.53. The van der Waals surface area contributed by atoms with Gasteiger partial charge in [-0.3, -0.25) is 4.79 Å². The molecule has 0 radical (unpaired) electrons. The molecule has 0 saturated heterocycles. The van der Waals surface area contributed by atoms with Crippen LogP contribution in [0.5, 0.6) is 17.2 Å². The van der Waals surface area contributed by atoms with E-state index in [0.717, 1.165) is 5.56 Å². The summed E-state index contributed by atoms with van der Waals surface area (Å²) in [6, 6.07) is 9.05. The van der Waals surface area contributed by atoms with Crippen molar-refractivity contribution in [1.29, 1.82) is 0 Å². The fourth-order valence-electron chi connectivity index (χ4n) is 3.95. The zero-order chi connectivity index (χ0) is 24.7. The van der Waals surface area contributed by atoms with Gasteiger partial charge in [-0.25, -0.2) is 8.42 Å². The molecule has 0 aromatic heterocycles. The first-order chi connectivity index (χ1) is 16.3. The van der Waals surface area contributed by atoms with Gasteiger partial charge < -0.3 is 23.7 Å². The Labute approximate surface area is 200 Å². The SMILES string of the molecule is CCOCCOc1ccc(S(=O)(=O)N2CCc3cc(OC)c(OC)cc3C2CC(=O)OC)cc1. The molecule has 0 spiro atoms. The summed E-state index contributed by atoms with van der Waals surface area (Å²) in [6.07, 6.45) is 0.335. The third-order valence-electron chi connectivity index (χ3n) is 5.67. The molecule has 0 amide bonds. The highest BCUT2D eigenvalue weighted by Crippen LogP contribution is 2.41. The quantitative estimate of drug-likeness (QED) is 0.348. The lowest BCUT2D eigenvalue weighted by Crippen LogP contribution is -2.41. The fraction of sp³-hybridized carbons (Fsp3) is 0.458. The largest absolute Gasteiger partial charge is 0.493 e. The smallest absolute Gasteiger partial charge is 0.307 e. The van der Waals surface area contributed by atoms with Gasteiger partial charge in [0.05, 0.1) is 45.3 Å². The number of ether oxygens (including phenoxy) is 5. The molecule has 2 aromatic carbocycles. The highest BCUT2D eigenvalue weighted by molar-refractivity contribution is 7.89. The van der Waals surface area contributed by atoms with E-state index in [-0.39, 0.29) is 17.9 Å². The number of sulfonamides is 1. The topological polar surface area (TPSA) is 101 Å². The van der Waals surface area contributed by atoms with E-state index >= 15 is 0 Å². The molecule has 10 heteroatoms. The number of fused-ring (bicyclic) bond motifs is 1. The Morgan fingerprint density at radius 1 is 1.03 bits per heavy atom. The molecule has 1 atom stereocenters. The molecule has 1 aliphatic rings. The minimum Gasteiger partial charge on any atom is -0.493 e. The monoisotopic (exact) mass is 493 g/mol. The van der Waals surface area contributed by atoms with Gasteiger partial charge in [-0.1, -0.05) is 0 Å². The van der Waals surface area contributed by atoms with Crippen molar-refractivity contribution in [2.45, 2.75) is 30.7 Å². The summed E-state index contributed by atoms with van der Waals surface area (Å²) in [5.41, 5.74) is 1.59. The highest BCUT2D eigenvalue weighted by Gasteiger charge is 2.38. The van der Waals surface area contributed by atoms with Gasteiger partial charge in [-0.15, -0.1) is 0 Å². The Morgan fingerprint density at radius 3 is 2.32 bits per heavy atom. The lowest BCUT2D eigenvalue weighted by atomic mass is 9.91. The first-order valence-electron chi connectivity index (χ1n) is 11.0. The molecule has 0 N–H and O–H groups in total. The molecule has 186 valence electrons. The van der Waals surface area contributed by atoms with Crippen LogP contribution in [0.15, 0.2) is 41.3 Å². The number of methoxy groups -OCH3 is 3. The number of rotatable bonds is 11. The van der Waals surface area contributed by atoms with Gasteiger partial charge in [-0.2, -0.15) is 4.31 Å². The molecule has 2 aromatic rings. The van der Waals surface area contributed by atoms with Crippen molar-refractivity contribution >= 4 is 16.0 Å². The molecule has 0 bridgehead atoms. The molecule has 34 heavy (non-hydrogen) atoms. The van der Waals surface area contributed by atoms with E-state index in [9.17, 15) is 13.2 Å². The maximum absolute atomic E-state index is 13.6. The summed E-state index contributed by atoms with van der Waals surface area (Å²) < 4.78 is 55.1. The standard InChI is InChI=1S/C24H31NO8S/c1-5-32-12-13-33-18-6-8-19(9-7-18)34(27,28)25-11-10-17-14-22(29-2)23(30-3)15-20(17)21(25)16-24(26)31-4/h6-9,14-15,21H,5,10-13,16H2,1-4H3. The number of benzene rings is 2. The van der Waals surface area contributed by atoms with Crippen LogP contribution in [0.4, 0.5) is 0 Å². The van der Waals surface area contributed by atoms with Crippen LogP contribution >= 0.6 is 0 Å². The zero-order valence-electron chi connectivity index (χ0n) is 19.9. The molecular formula is C24H31NO8S. The van der Waals surface area contributed by atoms with Crippen molar-refractivity contribution < 1.29 is 36.9 Å². The zero-order valence-corrected chi connectivity index (χ0v) is 20.7. The lowest BCUT2D eigenvalue weighted by molar-refractivity contribution is -0.141. The molecular weight excluding hydrogens is 462 g/mol. The van der Waals surface area contributed by atoms with Gasteiger partial charge in [0.15, 0.2) is 11.5 Å². The first-order valence-corrected chi connectivity index (χ1v) is 12.4. The Balaban J connectivity index is 1.93. The second kappa shape index (κ2) is 11.5. The van der Waals surface area contributed by atoms with Crippen LogP contribution in [0.25, 0.3) is 0 Å². The molecule has 1 heterocycles. The number of esters is 1. The number of hydrogen-bond acceptors (Lipinski definition) is 8. The van der Waals surface area contributed by atoms with Gasteiger partial charge in [0, 0.05) is 13.2 Å². The van der Waals surface area contributed by atoms with E-state index in [1.165, 1.54) is 30.7 Å². The van der Waals surface area contributed by atoms with Gasteiger partial charge in [-0.05, 0) is 60.9 Å². The van der Waals surface area contributed by atoms with Crippen molar-refractivity contribution in [1.82, 2.24) is 4.31 Å². The average molecular weight is 494 g/mol. The van der Waals surface area contributed by atoms with E-state index < -0.39 is 22.0 Å². The molecule has 0 fully saturated rings. The summed E-state index contributed by atoms with van der Waals surface area (Å²) in [5.74, 6) is 1.05. The predicted molar refractivity (Wildman–Crippen MR) is 125 cm³/mol. The maximum Gasteiger partial charge on any atom is 0.307 e. The van der Waals surface area contributed by atoms with Crippen LogP contribution in [0.3, 0.4) is 0 Å². The van der Waals surface area contributed by atoms with Crippen molar-refractivity contribution in [3.63, 3.8) is 0 Å². The normalized spacial score (nSPS) is 15.9. The molecule has 3 rings (SSSR count). The third kappa shape index (κ3) is 5.63. The predicted octanol–water partition coefficient (Wildman–Crippen LogP) is 2.97. The minimum absolute atomic E-state index is 0.114. The Hall–Kier alpha value is -2.82. The third-order valence-corrected chi connectivity index (χ3v) is 7.59. The Bertz CT molecular complexity index is 1080. The van der Waals surface area contributed by atoms with Crippen LogP contribution in [0, 0.1) is 0 Å². The number of nitrogens with zero attached hydrogens (tertiary/aromatic N) is 1. The van der Waals surface area contributed by atoms with Crippen LogP contribution < -0.4 is 14.2 Å². The second-order valence-corrected chi connectivity index (χ2v) is 9.48. The number of hydrogen-bond donors (Lipinski definition) is 0. The molecule has 1 unspecified atom stereocenters. The van der Waals surface area contributed by atoms with E-state index in [2.05, 4.69) is 0 Å². The molecule has 1 aliphatic heterocycles. The van der Waals surface area contributed by atoms with E-state index in [4.69, 9.17) is 23.7 Å². The van der Waals surface area contributed by atoms with Crippen LogP contribution in [0.1, 0.15) is 30.5 Å². The van der Waals surface area contributed by atoms with Crippen molar-refractivity contribution in [3.05, 3.63) is 47.5 Å². The minimum atomic E-state index is -3.92. The van der Waals surface area contributed by atoms with Crippen LogP contribution in [0.2, 0.25) is 0 Å². The Kier molecular flexibility index (Phi) is 8.76. The van der Waals surface area contributed by atoms with Crippen LogP contribution in [-0.2, 0) is 30.7 Å². The maximum atomic E-state index is 13.6. The van der Waals surface area contributed by atoms with Gasteiger partial charge >= 0.3 is 5.97 Å². The van der Waals surface area contributed by atoms with E-state index in [1.807, 2.05) is 13.0 Å². The molecule has 0 saturated carbocycles. The van der Waals surface area contributed by atoms with E-state index in [1.54, 1.807) is 25.3 Å². The van der Waals surface area contributed by atoms with Crippen molar-refractivity contribution in [2.24, 2.45) is 0 Å². The summed E-state index contributed by atoms with van der Waals surface area (Å²) in [4.78, 5) is 12.4. The Morgan fingerprint density at radius 2 is 1.71 bits per heavy atom. The van der Waals surface area contributed by atoms with Gasteiger partial charge in [0.2, 0.25) is 10.0 Å². The van der Waals surface area contributed by atoms with Gasteiger partial charge in [0.25, 0.3) is 0 Å². The lowest BCUT2D eigenvalue weighted by Gasteiger charge is -2.36. The molecule has 9 nitrogen and oxygen atoms in total. The number of carbonyl (C=O) groups excluding carboxylic acids is 1. The summed E-state index contributed by atoms with van der Waals surface area (Å²) in [5, 5.41) is 0. The van der Waals surface area contributed by atoms with E-state index in [0.29, 0.717) is 49.1 Å². The summed E-state index contributed by atoms with van der Waals surface area (Å²) in [7, 11) is 0.416. The molecule has 0 aliphatic carbocycles. The first kappa shape index (κ1) is 25.8. The van der Waals surface area contributed by atoms with Crippen molar-refractivity contribution in [2.75, 3.05) is 47.7 Å². The van der Waals surface area contributed by atoms with Crippen molar-refractivity contribution in [3.8, 4) is 17.2 Å². The average Bonchev–Trinajstić information content (AvgIpc) is 2.85. The highest BCUT2D eigenvalue weighted by atomic mass is 32.2. The second-order valence-electron chi connectivity index (χ2n) is 7.58. The van der Waals surface area contributed by atoms with Gasteiger partial charge in [0.1, 0.15) is 12.4 Å². The fourth-order valence-corrected chi connectivity index (χ4v) is 5.56.